The van der Waals surface area contributed by atoms with Crippen molar-refractivity contribution in [3.05, 3.63) is 89.1 Å². The van der Waals surface area contributed by atoms with Crippen molar-refractivity contribution in [1.29, 1.82) is 0 Å². The van der Waals surface area contributed by atoms with Gasteiger partial charge in [0.05, 0.1) is 0 Å². The molecule has 37 heavy (non-hydrogen) atoms. The molecule has 0 bridgehead atoms. The van der Waals surface area contributed by atoms with E-state index in [4.69, 9.17) is 11.6 Å². The highest BCUT2D eigenvalue weighted by atomic mass is 35.5. The van der Waals surface area contributed by atoms with E-state index in [0.29, 0.717) is 6.54 Å². The molecular formula is C29H31ClF3N3O. The van der Waals surface area contributed by atoms with Gasteiger partial charge in [0.1, 0.15) is 5.75 Å². The average Bonchev–Trinajstić information content (AvgIpc) is 3.21. The van der Waals surface area contributed by atoms with Gasteiger partial charge in [-0.2, -0.15) is 0 Å². The minimum Gasteiger partial charge on any atom is -0.406 e. The molecule has 4 nitrogen and oxygen atoms in total. The van der Waals surface area contributed by atoms with Crippen molar-refractivity contribution in [1.82, 2.24) is 14.8 Å². The summed E-state index contributed by atoms with van der Waals surface area (Å²) >= 11 is 6.27. The minimum atomic E-state index is -4.70. The monoisotopic (exact) mass is 529 g/mol. The molecule has 4 aromatic rings. The Bertz CT molecular complexity index is 1320. The topological polar surface area (TPSA) is 29.4 Å². The standard InChI is InChI=1S/C29H31ClF3N3O/c1-3-15-36-20-26(22-9-11-24(12-10-22)37-29(31,32)33)25-17-21(8-13-28(25)36)18-34-14-16-35(2)19-23-6-4-5-7-27(23)30/h4-13,17,20,34H,3,14-16,18-19H2,1-2H3. The van der Waals surface area contributed by atoms with Crippen molar-refractivity contribution in [2.45, 2.75) is 39.3 Å². The molecule has 196 valence electrons. The van der Waals surface area contributed by atoms with Crippen molar-refractivity contribution in [2.24, 2.45) is 0 Å². The lowest BCUT2D eigenvalue weighted by Crippen LogP contribution is -2.28. The number of benzene rings is 3. The lowest BCUT2D eigenvalue weighted by Gasteiger charge is -2.18. The van der Waals surface area contributed by atoms with Crippen molar-refractivity contribution in [3.63, 3.8) is 0 Å². The third-order valence-electron chi connectivity index (χ3n) is 6.21. The summed E-state index contributed by atoms with van der Waals surface area (Å²) < 4.78 is 43.9. The van der Waals surface area contributed by atoms with E-state index in [9.17, 15) is 13.2 Å². The van der Waals surface area contributed by atoms with Crippen LogP contribution in [-0.2, 0) is 19.6 Å². The molecule has 0 radical (unpaired) electrons. The molecule has 0 unspecified atom stereocenters. The lowest BCUT2D eigenvalue weighted by molar-refractivity contribution is -0.274. The molecule has 0 spiro atoms. The van der Waals surface area contributed by atoms with E-state index in [0.717, 1.165) is 70.8 Å². The first-order chi connectivity index (χ1) is 17.7. The molecule has 8 heteroatoms. The molecule has 0 saturated heterocycles. The van der Waals surface area contributed by atoms with Crippen LogP contribution in [0.2, 0.25) is 5.02 Å². The predicted octanol–water partition coefficient (Wildman–Crippen LogP) is 7.49. The maximum absolute atomic E-state index is 12.6. The predicted molar refractivity (Wildman–Crippen MR) is 144 cm³/mol. The van der Waals surface area contributed by atoms with Gasteiger partial charge in [-0.05, 0) is 60.5 Å². The summed E-state index contributed by atoms with van der Waals surface area (Å²) in [5.74, 6) is -0.224. The fourth-order valence-corrected chi connectivity index (χ4v) is 4.64. The highest BCUT2D eigenvalue weighted by molar-refractivity contribution is 6.31. The molecule has 1 N–H and O–H groups in total. The number of aryl methyl sites for hydroxylation is 1. The van der Waals surface area contributed by atoms with E-state index >= 15 is 0 Å². The number of halogens is 4. The van der Waals surface area contributed by atoms with E-state index in [1.54, 1.807) is 12.1 Å². The van der Waals surface area contributed by atoms with Crippen LogP contribution in [0.25, 0.3) is 22.0 Å². The molecular weight excluding hydrogens is 499 g/mol. The van der Waals surface area contributed by atoms with E-state index in [1.165, 1.54) is 12.1 Å². The molecule has 0 aliphatic rings. The Morgan fingerprint density at radius 2 is 1.78 bits per heavy atom. The quantitative estimate of drug-likeness (QED) is 0.204. The van der Waals surface area contributed by atoms with E-state index in [-0.39, 0.29) is 5.75 Å². The second-order valence-corrected chi connectivity index (χ2v) is 9.57. The number of aromatic nitrogens is 1. The number of hydrogen-bond acceptors (Lipinski definition) is 3. The summed E-state index contributed by atoms with van der Waals surface area (Å²) in [6, 6.07) is 20.4. The van der Waals surface area contributed by atoms with Crippen molar-refractivity contribution >= 4 is 22.5 Å². The zero-order valence-corrected chi connectivity index (χ0v) is 21.7. The number of alkyl halides is 3. The van der Waals surface area contributed by atoms with Gasteiger partial charge in [-0.3, -0.25) is 0 Å². The van der Waals surface area contributed by atoms with E-state index in [2.05, 4.69) is 57.9 Å². The second kappa shape index (κ2) is 12.0. The van der Waals surface area contributed by atoms with Crippen LogP contribution < -0.4 is 10.1 Å². The maximum atomic E-state index is 12.6. The van der Waals surface area contributed by atoms with Crippen LogP contribution in [0.1, 0.15) is 24.5 Å². The Morgan fingerprint density at radius 1 is 1.03 bits per heavy atom. The Labute approximate surface area is 220 Å². The van der Waals surface area contributed by atoms with Gasteiger partial charge < -0.3 is 19.5 Å². The zero-order chi connectivity index (χ0) is 26.4. The first-order valence-corrected chi connectivity index (χ1v) is 12.7. The molecule has 3 aromatic carbocycles. The summed E-state index contributed by atoms with van der Waals surface area (Å²) in [6.07, 6.45) is -1.65. The van der Waals surface area contributed by atoms with E-state index in [1.807, 2.05) is 24.3 Å². The van der Waals surface area contributed by atoms with Crippen LogP contribution in [0.5, 0.6) is 5.75 Å². The van der Waals surface area contributed by atoms with Crippen LogP contribution in [0.15, 0.2) is 72.9 Å². The van der Waals surface area contributed by atoms with E-state index < -0.39 is 6.36 Å². The van der Waals surface area contributed by atoms with Gasteiger partial charge in [0.15, 0.2) is 0 Å². The van der Waals surface area contributed by atoms with Gasteiger partial charge in [-0.25, -0.2) is 0 Å². The molecule has 0 amide bonds. The fraction of sp³-hybridized carbons (Fsp3) is 0.310. The molecule has 0 saturated carbocycles. The number of likely N-dealkylation sites (N-methyl/N-ethyl adjacent to an activating group) is 1. The van der Waals surface area contributed by atoms with Crippen LogP contribution in [-0.4, -0.2) is 36.0 Å². The van der Waals surface area contributed by atoms with Gasteiger partial charge in [0.25, 0.3) is 0 Å². The van der Waals surface area contributed by atoms with Gasteiger partial charge >= 0.3 is 6.36 Å². The van der Waals surface area contributed by atoms with Gasteiger partial charge in [-0.15, -0.1) is 13.2 Å². The van der Waals surface area contributed by atoms with Crippen LogP contribution in [0.4, 0.5) is 13.2 Å². The highest BCUT2D eigenvalue weighted by Crippen LogP contribution is 2.33. The summed E-state index contributed by atoms with van der Waals surface area (Å²) in [5, 5.41) is 5.37. The van der Waals surface area contributed by atoms with Gasteiger partial charge in [0.2, 0.25) is 0 Å². The zero-order valence-electron chi connectivity index (χ0n) is 21.0. The van der Waals surface area contributed by atoms with Crippen LogP contribution in [0, 0.1) is 0 Å². The normalized spacial score (nSPS) is 12.0. The molecule has 1 aromatic heterocycles. The smallest absolute Gasteiger partial charge is 0.406 e. The summed E-state index contributed by atoms with van der Waals surface area (Å²) in [7, 11) is 2.07. The SMILES string of the molecule is CCCn1cc(-c2ccc(OC(F)(F)F)cc2)c2cc(CNCCN(C)Cc3ccccc3Cl)ccc21. The number of ether oxygens (including phenoxy) is 1. The molecule has 0 fully saturated rings. The van der Waals surface area contributed by atoms with Gasteiger partial charge in [-0.1, -0.05) is 54.9 Å². The lowest BCUT2D eigenvalue weighted by atomic mass is 10.0. The number of rotatable bonds is 11. The summed E-state index contributed by atoms with van der Waals surface area (Å²) in [4.78, 5) is 2.23. The summed E-state index contributed by atoms with van der Waals surface area (Å²) in [5.41, 5.74) is 5.20. The number of nitrogens with zero attached hydrogens (tertiary/aromatic N) is 2. The Balaban J connectivity index is 1.44. The van der Waals surface area contributed by atoms with Crippen LogP contribution in [0.3, 0.4) is 0 Å². The fourth-order valence-electron chi connectivity index (χ4n) is 4.45. The number of hydrogen-bond donors (Lipinski definition) is 1. The van der Waals surface area contributed by atoms with Crippen molar-refractivity contribution in [2.75, 3.05) is 20.1 Å². The molecule has 0 aliphatic heterocycles. The Kier molecular flexibility index (Phi) is 8.79. The largest absolute Gasteiger partial charge is 0.573 e. The Hall–Kier alpha value is -3.00. The Morgan fingerprint density at radius 3 is 2.49 bits per heavy atom. The van der Waals surface area contributed by atoms with Crippen molar-refractivity contribution in [3.8, 4) is 16.9 Å². The summed E-state index contributed by atoms with van der Waals surface area (Å²) in [6.45, 7) is 6.18. The van der Waals surface area contributed by atoms with Gasteiger partial charge in [0, 0.05) is 60.4 Å². The van der Waals surface area contributed by atoms with Crippen LogP contribution >= 0.6 is 11.6 Å². The second-order valence-electron chi connectivity index (χ2n) is 9.17. The first-order valence-electron chi connectivity index (χ1n) is 12.3. The maximum Gasteiger partial charge on any atom is 0.573 e. The molecule has 4 rings (SSSR count). The molecule has 0 atom stereocenters. The average molecular weight is 530 g/mol. The minimum absolute atomic E-state index is 0.224. The third kappa shape index (κ3) is 7.28. The number of nitrogens with one attached hydrogen (secondary N) is 1. The van der Waals surface area contributed by atoms with Crippen molar-refractivity contribution < 1.29 is 17.9 Å². The highest BCUT2D eigenvalue weighted by Gasteiger charge is 2.31. The number of fused-ring (bicyclic) bond motifs is 1. The third-order valence-corrected chi connectivity index (χ3v) is 6.58. The molecule has 1 heterocycles. The molecule has 0 aliphatic carbocycles. The first kappa shape index (κ1) is 27.0.